The van der Waals surface area contributed by atoms with Crippen molar-refractivity contribution in [3.63, 3.8) is 0 Å². The van der Waals surface area contributed by atoms with Crippen LogP contribution >= 0.6 is 24.0 Å². The van der Waals surface area contributed by atoms with E-state index >= 15 is 0 Å². The Balaban J connectivity index is 0.00000288. The number of hydrogen-bond donors (Lipinski definition) is 3. The lowest BCUT2D eigenvalue weighted by molar-refractivity contribution is 0.0926. The van der Waals surface area contributed by atoms with Gasteiger partial charge in [-0.25, -0.2) is 4.39 Å². The lowest BCUT2D eigenvalue weighted by Crippen LogP contribution is -2.41. The van der Waals surface area contributed by atoms with E-state index in [0.717, 1.165) is 5.56 Å². The van der Waals surface area contributed by atoms with Crippen LogP contribution in [-0.2, 0) is 6.54 Å². The molecule has 2 aromatic rings. The van der Waals surface area contributed by atoms with Gasteiger partial charge < -0.3 is 20.4 Å². The third-order valence-electron chi connectivity index (χ3n) is 3.04. The molecule has 0 unspecified atom stereocenters. The number of halogens is 2. The molecule has 1 amide bonds. The molecule has 0 bridgehead atoms. The van der Waals surface area contributed by atoms with Gasteiger partial charge in [0.1, 0.15) is 5.82 Å². The minimum absolute atomic E-state index is 0. The number of amides is 1. The maximum atomic E-state index is 12.8. The van der Waals surface area contributed by atoms with Gasteiger partial charge in [-0.1, -0.05) is 12.1 Å². The number of carbonyl (C=O) groups excluding carboxylic acids is 1. The van der Waals surface area contributed by atoms with E-state index in [2.05, 4.69) is 20.9 Å². The number of nitrogens with zero attached hydrogens (tertiary/aromatic N) is 1. The Labute approximate surface area is 156 Å². The number of hydrogen-bond acceptors (Lipinski definition) is 3. The summed E-state index contributed by atoms with van der Waals surface area (Å²) in [4.78, 5) is 15.7. The third kappa shape index (κ3) is 6.57. The molecule has 3 N–H and O–H groups in total. The van der Waals surface area contributed by atoms with Gasteiger partial charge in [-0.2, -0.15) is 0 Å². The summed E-state index contributed by atoms with van der Waals surface area (Å²) in [6.45, 7) is 1.46. The van der Waals surface area contributed by atoms with Crippen LogP contribution in [0.15, 0.2) is 52.1 Å². The highest BCUT2D eigenvalue weighted by molar-refractivity contribution is 14.0. The monoisotopic (exact) mass is 446 g/mol. The zero-order valence-corrected chi connectivity index (χ0v) is 15.5. The molecule has 24 heavy (non-hydrogen) atoms. The van der Waals surface area contributed by atoms with Gasteiger partial charge in [0.15, 0.2) is 11.7 Å². The van der Waals surface area contributed by atoms with E-state index in [1.807, 2.05) is 0 Å². The molecule has 0 radical (unpaired) electrons. The molecule has 6 nitrogen and oxygen atoms in total. The molecule has 0 aliphatic carbocycles. The molecular formula is C16H20FIN4O2. The average molecular weight is 446 g/mol. The van der Waals surface area contributed by atoms with E-state index < -0.39 is 0 Å². The zero-order valence-electron chi connectivity index (χ0n) is 13.2. The second-order valence-corrected chi connectivity index (χ2v) is 4.71. The molecule has 0 spiro atoms. The second kappa shape index (κ2) is 10.6. The molecular weight excluding hydrogens is 426 g/mol. The van der Waals surface area contributed by atoms with E-state index in [1.54, 1.807) is 31.3 Å². The first kappa shape index (κ1) is 19.9. The fraction of sp³-hybridized carbons (Fsp3) is 0.250. The Kier molecular flexibility index (Phi) is 8.84. The van der Waals surface area contributed by atoms with Crippen molar-refractivity contribution in [2.45, 2.75) is 6.54 Å². The molecule has 2 rings (SSSR count). The van der Waals surface area contributed by atoms with Gasteiger partial charge in [0.05, 0.1) is 6.26 Å². The van der Waals surface area contributed by atoms with Crippen molar-refractivity contribution in [3.8, 4) is 0 Å². The van der Waals surface area contributed by atoms with Gasteiger partial charge in [0.25, 0.3) is 5.91 Å². The molecule has 0 fully saturated rings. The fourth-order valence-electron chi connectivity index (χ4n) is 1.86. The number of carbonyl (C=O) groups is 1. The van der Waals surface area contributed by atoms with E-state index in [9.17, 15) is 9.18 Å². The molecule has 1 aromatic heterocycles. The first-order chi connectivity index (χ1) is 11.2. The van der Waals surface area contributed by atoms with Crippen LogP contribution in [0.1, 0.15) is 16.1 Å². The smallest absolute Gasteiger partial charge is 0.287 e. The lowest BCUT2D eigenvalue weighted by atomic mass is 10.2. The molecule has 0 saturated carbocycles. The van der Waals surface area contributed by atoms with Gasteiger partial charge in [0, 0.05) is 26.7 Å². The normalized spacial score (nSPS) is 10.7. The number of nitrogens with one attached hydrogen (secondary N) is 3. The minimum Gasteiger partial charge on any atom is -0.459 e. The first-order valence-corrected chi connectivity index (χ1v) is 7.19. The van der Waals surface area contributed by atoms with E-state index in [0.29, 0.717) is 25.6 Å². The van der Waals surface area contributed by atoms with Crippen LogP contribution in [0.4, 0.5) is 4.39 Å². The molecule has 130 valence electrons. The second-order valence-electron chi connectivity index (χ2n) is 4.71. The van der Waals surface area contributed by atoms with E-state index in [4.69, 9.17) is 4.42 Å². The van der Waals surface area contributed by atoms with Crippen LogP contribution in [-0.4, -0.2) is 32.0 Å². The lowest BCUT2D eigenvalue weighted by Gasteiger charge is -2.12. The Morgan fingerprint density at radius 3 is 2.46 bits per heavy atom. The minimum atomic E-state index is -0.261. The van der Waals surface area contributed by atoms with Crippen molar-refractivity contribution in [1.29, 1.82) is 0 Å². The van der Waals surface area contributed by atoms with E-state index in [-0.39, 0.29) is 41.5 Å². The fourth-order valence-corrected chi connectivity index (χ4v) is 1.86. The highest BCUT2D eigenvalue weighted by Gasteiger charge is 2.06. The Morgan fingerprint density at radius 1 is 1.12 bits per heavy atom. The standard InChI is InChI=1S/C16H19FN4O2.HI/c1-18-16(21-11-12-4-6-13(17)7-5-12)20-9-8-19-15(22)14-3-2-10-23-14;/h2-7,10H,8-9,11H2,1H3,(H,19,22)(H2,18,20,21);1H. The Morgan fingerprint density at radius 2 is 1.83 bits per heavy atom. The van der Waals surface area contributed by atoms with Crippen LogP contribution in [0, 0.1) is 5.82 Å². The third-order valence-corrected chi connectivity index (χ3v) is 3.04. The molecule has 0 aliphatic heterocycles. The highest BCUT2D eigenvalue weighted by Crippen LogP contribution is 2.01. The molecule has 8 heteroatoms. The molecule has 0 saturated heterocycles. The molecule has 1 heterocycles. The topological polar surface area (TPSA) is 78.7 Å². The van der Waals surface area contributed by atoms with Gasteiger partial charge in [-0.05, 0) is 29.8 Å². The zero-order chi connectivity index (χ0) is 16.5. The quantitative estimate of drug-likeness (QED) is 0.275. The number of aliphatic imine (C=N–C) groups is 1. The van der Waals surface area contributed by atoms with Crippen molar-refractivity contribution in [3.05, 3.63) is 59.8 Å². The number of rotatable bonds is 6. The van der Waals surface area contributed by atoms with Gasteiger partial charge in [0.2, 0.25) is 0 Å². The van der Waals surface area contributed by atoms with Crippen molar-refractivity contribution >= 4 is 35.8 Å². The van der Waals surface area contributed by atoms with E-state index in [1.165, 1.54) is 18.4 Å². The summed E-state index contributed by atoms with van der Waals surface area (Å²) in [7, 11) is 1.65. The maximum absolute atomic E-state index is 12.8. The Hall–Kier alpha value is -2.10. The number of guanidine groups is 1. The van der Waals surface area contributed by atoms with Crippen LogP contribution in [0.2, 0.25) is 0 Å². The Bertz CT molecular complexity index is 645. The predicted octanol–water partition coefficient (Wildman–Crippen LogP) is 2.13. The van der Waals surface area contributed by atoms with Gasteiger partial charge in [-0.3, -0.25) is 9.79 Å². The van der Waals surface area contributed by atoms with Gasteiger partial charge in [-0.15, -0.1) is 24.0 Å². The first-order valence-electron chi connectivity index (χ1n) is 7.19. The molecule has 1 aromatic carbocycles. The number of benzene rings is 1. The van der Waals surface area contributed by atoms with Crippen LogP contribution in [0.25, 0.3) is 0 Å². The SMILES string of the molecule is CN=C(NCCNC(=O)c1ccco1)NCc1ccc(F)cc1.I. The summed E-state index contributed by atoms with van der Waals surface area (Å²) < 4.78 is 17.8. The maximum Gasteiger partial charge on any atom is 0.287 e. The summed E-state index contributed by atoms with van der Waals surface area (Å²) in [5, 5.41) is 8.90. The van der Waals surface area contributed by atoms with Crippen molar-refractivity contribution in [1.82, 2.24) is 16.0 Å². The van der Waals surface area contributed by atoms with Crippen molar-refractivity contribution in [2.24, 2.45) is 4.99 Å². The van der Waals surface area contributed by atoms with Crippen LogP contribution in [0.5, 0.6) is 0 Å². The van der Waals surface area contributed by atoms with Crippen molar-refractivity contribution in [2.75, 3.05) is 20.1 Å². The molecule has 0 aliphatic rings. The summed E-state index contributed by atoms with van der Waals surface area (Å²) >= 11 is 0. The van der Waals surface area contributed by atoms with Crippen molar-refractivity contribution < 1.29 is 13.6 Å². The van der Waals surface area contributed by atoms with Crippen LogP contribution in [0.3, 0.4) is 0 Å². The average Bonchev–Trinajstić information content (AvgIpc) is 3.10. The summed E-state index contributed by atoms with van der Waals surface area (Å²) in [6.07, 6.45) is 1.45. The molecule has 0 atom stereocenters. The summed E-state index contributed by atoms with van der Waals surface area (Å²) in [6, 6.07) is 9.51. The van der Waals surface area contributed by atoms with Crippen LogP contribution < -0.4 is 16.0 Å². The largest absolute Gasteiger partial charge is 0.459 e. The predicted molar refractivity (Wildman–Crippen MR) is 101 cm³/mol. The summed E-state index contributed by atoms with van der Waals surface area (Å²) in [5.41, 5.74) is 0.945. The number of furan rings is 1. The van der Waals surface area contributed by atoms with Gasteiger partial charge >= 0.3 is 0 Å². The summed E-state index contributed by atoms with van der Waals surface area (Å²) in [5.74, 6) is 0.361. The highest BCUT2D eigenvalue weighted by atomic mass is 127.